The molecule has 0 heterocycles. The van der Waals surface area contributed by atoms with Gasteiger partial charge in [0.15, 0.2) is 6.10 Å². The maximum Gasteiger partial charge on any atom is 0.346 e. The average molecular weight is 289 g/mol. The van der Waals surface area contributed by atoms with E-state index in [1.807, 2.05) is 0 Å². The monoisotopic (exact) mass is 288 g/mol. The fraction of sp³-hybridized carbons (Fsp3) is 0.364. The highest BCUT2D eigenvalue weighted by Crippen LogP contribution is 2.24. The minimum atomic E-state index is -0.698. The molecule has 0 fully saturated rings. The molecule has 1 N–H and O–H groups in total. The fourth-order valence-electron chi connectivity index (χ4n) is 1.19. The SMILES string of the molecule is COC(=O)C(C)Oc1ccc(Br)cc1CO. The third-order valence-corrected chi connectivity index (χ3v) is 2.52. The molecule has 1 aromatic carbocycles. The van der Waals surface area contributed by atoms with E-state index in [0.29, 0.717) is 11.3 Å². The molecule has 0 saturated heterocycles. The lowest BCUT2D eigenvalue weighted by molar-refractivity contribution is -0.147. The Hall–Kier alpha value is -1.07. The number of methoxy groups -OCH3 is 1. The molecule has 0 aliphatic heterocycles. The molecular formula is C11H13BrO4. The normalized spacial score (nSPS) is 12.0. The number of aliphatic hydroxyl groups is 1. The van der Waals surface area contributed by atoms with Gasteiger partial charge < -0.3 is 14.6 Å². The first-order valence-corrected chi connectivity index (χ1v) is 5.51. The molecule has 1 atom stereocenters. The van der Waals surface area contributed by atoms with Crippen LogP contribution >= 0.6 is 15.9 Å². The van der Waals surface area contributed by atoms with E-state index in [-0.39, 0.29) is 6.61 Å². The molecule has 0 aliphatic rings. The molecule has 4 nitrogen and oxygen atoms in total. The van der Waals surface area contributed by atoms with E-state index in [9.17, 15) is 4.79 Å². The Kier molecular flexibility index (Phi) is 4.76. The van der Waals surface area contributed by atoms with E-state index in [1.54, 1.807) is 25.1 Å². The van der Waals surface area contributed by atoms with Crippen molar-refractivity contribution in [3.05, 3.63) is 28.2 Å². The smallest absolute Gasteiger partial charge is 0.346 e. The highest BCUT2D eigenvalue weighted by atomic mass is 79.9. The molecule has 1 unspecified atom stereocenters. The maximum absolute atomic E-state index is 11.2. The Balaban J connectivity index is 2.84. The summed E-state index contributed by atoms with van der Waals surface area (Å²) in [4.78, 5) is 11.2. The molecule has 5 heteroatoms. The number of esters is 1. The maximum atomic E-state index is 11.2. The number of hydrogen-bond donors (Lipinski definition) is 1. The summed E-state index contributed by atoms with van der Waals surface area (Å²) in [6, 6.07) is 5.20. The molecule has 88 valence electrons. The van der Waals surface area contributed by atoms with E-state index >= 15 is 0 Å². The van der Waals surface area contributed by atoms with Gasteiger partial charge in [0, 0.05) is 10.0 Å². The summed E-state index contributed by atoms with van der Waals surface area (Å²) in [7, 11) is 1.30. The lowest BCUT2D eigenvalue weighted by Crippen LogP contribution is -2.25. The van der Waals surface area contributed by atoms with Crippen LogP contribution in [0.1, 0.15) is 12.5 Å². The van der Waals surface area contributed by atoms with Crippen LogP contribution in [0.15, 0.2) is 22.7 Å². The number of ether oxygens (including phenoxy) is 2. The molecule has 0 saturated carbocycles. The number of hydrogen-bond acceptors (Lipinski definition) is 4. The molecule has 0 amide bonds. The van der Waals surface area contributed by atoms with Crippen molar-refractivity contribution in [1.29, 1.82) is 0 Å². The molecule has 1 aromatic rings. The quantitative estimate of drug-likeness (QED) is 0.860. The van der Waals surface area contributed by atoms with Crippen molar-refractivity contribution < 1.29 is 19.4 Å². The molecule has 0 spiro atoms. The number of benzene rings is 1. The summed E-state index contributed by atoms with van der Waals surface area (Å²) in [5.74, 6) is 0.0235. The van der Waals surface area contributed by atoms with E-state index in [1.165, 1.54) is 7.11 Å². The second-order valence-electron chi connectivity index (χ2n) is 3.19. The second-order valence-corrected chi connectivity index (χ2v) is 4.11. The van der Waals surface area contributed by atoms with Crippen LogP contribution in [0.5, 0.6) is 5.75 Å². The third-order valence-electron chi connectivity index (χ3n) is 2.03. The molecule has 0 aromatic heterocycles. The number of rotatable bonds is 4. The summed E-state index contributed by atoms with van der Waals surface area (Å²) in [5.41, 5.74) is 0.616. The molecule has 0 bridgehead atoms. The molecule has 0 radical (unpaired) electrons. The number of halogens is 1. The van der Waals surface area contributed by atoms with Crippen molar-refractivity contribution in [3.63, 3.8) is 0 Å². The van der Waals surface area contributed by atoms with Gasteiger partial charge in [-0.25, -0.2) is 4.79 Å². The van der Waals surface area contributed by atoms with E-state index in [4.69, 9.17) is 9.84 Å². The largest absolute Gasteiger partial charge is 0.479 e. The second kappa shape index (κ2) is 5.86. The molecular weight excluding hydrogens is 276 g/mol. The summed E-state index contributed by atoms with van der Waals surface area (Å²) < 4.78 is 10.8. The minimum Gasteiger partial charge on any atom is -0.479 e. The zero-order chi connectivity index (χ0) is 12.1. The first kappa shape index (κ1) is 13.0. The zero-order valence-corrected chi connectivity index (χ0v) is 10.7. The van der Waals surface area contributed by atoms with Gasteiger partial charge in [-0.2, -0.15) is 0 Å². The highest BCUT2D eigenvalue weighted by Gasteiger charge is 2.16. The first-order valence-electron chi connectivity index (χ1n) is 4.72. The van der Waals surface area contributed by atoms with E-state index in [0.717, 1.165) is 4.47 Å². The van der Waals surface area contributed by atoms with Crippen LogP contribution < -0.4 is 4.74 Å². The van der Waals surface area contributed by atoms with Crippen molar-refractivity contribution in [3.8, 4) is 5.75 Å². The molecule has 1 rings (SSSR count). The topological polar surface area (TPSA) is 55.8 Å². The van der Waals surface area contributed by atoms with Crippen LogP contribution in [-0.2, 0) is 16.1 Å². The first-order chi connectivity index (χ1) is 7.58. The lowest BCUT2D eigenvalue weighted by Gasteiger charge is -2.15. The predicted octanol–water partition coefficient (Wildman–Crippen LogP) is 1.88. The standard InChI is InChI=1S/C11H13BrO4/c1-7(11(14)15-2)16-10-4-3-9(12)5-8(10)6-13/h3-5,7,13H,6H2,1-2H3. The third kappa shape index (κ3) is 3.21. The van der Waals surface area contributed by atoms with Crippen molar-refractivity contribution >= 4 is 21.9 Å². The van der Waals surface area contributed by atoms with Crippen LogP contribution in [0.4, 0.5) is 0 Å². The Bertz CT molecular complexity index is 378. The van der Waals surface area contributed by atoms with Gasteiger partial charge in [0.25, 0.3) is 0 Å². The summed E-state index contributed by atoms with van der Waals surface area (Å²) in [6.45, 7) is 1.44. The van der Waals surface area contributed by atoms with Gasteiger partial charge in [0.1, 0.15) is 5.75 Å². The Morgan fingerprint density at radius 2 is 2.25 bits per heavy atom. The van der Waals surface area contributed by atoms with Gasteiger partial charge in [0.2, 0.25) is 0 Å². The van der Waals surface area contributed by atoms with Gasteiger partial charge >= 0.3 is 5.97 Å². The van der Waals surface area contributed by atoms with Crippen molar-refractivity contribution in [1.82, 2.24) is 0 Å². The van der Waals surface area contributed by atoms with Gasteiger partial charge in [-0.15, -0.1) is 0 Å². The predicted molar refractivity (Wildman–Crippen MR) is 62.2 cm³/mol. The number of carbonyl (C=O) groups excluding carboxylic acids is 1. The zero-order valence-electron chi connectivity index (χ0n) is 9.07. The van der Waals surface area contributed by atoms with Gasteiger partial charge in [-0.3, -0.25) is 0 Å². The average Bonchev–Trinajstić information content (AvgIpc) is 2.30. The Labute approximate surface area is 102 Å². The van der Waals surface area contributed by atoms with Crippen LogP contribution in [0.3, 0.4) is 0 Å². The van der Waals surface area contributed by atoms with Gasteiger partial charge in [-0.05, 0) is 25.1 Å². The molecule has 16 heavy (non-hydrogen) atoms. The lowest BCUT2D eigenvalue weighted by atomic mass is 10.2. The van der Waals surface area contributed by atoms with Crippen LogP contribution in [0, 0.1) is 0 Å². The van der Waals surface area contributed by atoms with Gasteiger partial charge in [0.05, 0.1) is 13.7 Å². The van der Waals surface area contributed by atoms with E-state index in [2.05, 4.69) is 20.7 Å². The minimum absolute atomic E-state index is 0.150. The van der Waals surface area contributed by atoms with Crippen molar-refractivity contribution in [2.24, 2.45) is 0 Å². The number of carbonyl (C=O) groups is 1. The fourth-order valence-corrected chi connectivity index (χ4v) is 1.60. The summed E-state index contributed by atoms with van der Waals surface area (Å²) >= 11 is 3.29. The molecule has 0 aliphatic carbocycles. The summed E-state index contributed by atoms with van der Waals surface area (Å²) in [5, 5.41) is 9.13. The van der Waals surface area contributed by atoms with Crippen LogP contribution in [-0.4, -0.2) is 24.3 Å². The summed E-state index contributed by atoms with van der Waals surface area (Å²) in [6.07, 6.45) is -0.698. The van der Waals surface area contributed by atoms with Crippen molar-refractivity contribution in [2.75, 3.05) is 7.11 Å². The Morgan fingerprint density at radius 3 is 2.81 bits per heavy atom. The Morgan fingerprint density at radius 1 is 1.56 bits per heavy atom. The van der Waals surface area contributed by atoms with Gasteiger partial charge in [-0.1, -0.05) is 15.9 Å². The highest BCUT2D eigenvalue weighted by molar-refractivity contribution is 9.10. The van der Waals surface area contributed by atoms with Crippen LogP contribution in [0.25, 0.3) is 0 Å². The van der Waals surface area contributed by atoms with Crippen LogP contribution in [0.2, 0.25) is 0 Å². The van der Waals surface area contributed by atoms with E-state index < -0.39 is 12.1 Å². The van der Waals surface area contributed by atoms with Crippen molar-refractivity contribution in [2.45, 2.75) is 19.6 Å². The number of aliphatic hydroxyl groups excluding tert-OH is 1.